The Hall–Kier alpha value is -2.31. The molecule has 1 unspecified atom stereocenters. The predicted molar refractivity (Wildman–Crippen MR) is 99.6 cm³/mol. The number of morpholine rings is 1. The first-order valence-corrected chi connectivity index (χ1v) is 8.76. The number of halogens is 2. The average molecular weight is 379 g/mol. The fourth-order valence-electron chi connectivity index (χ4n) is 2.69. The third-order valence-electron chi connectivity index (χ3n) is 4.06. The van der Waals surface area contributed by atoms with Crippen LogP contribution in [-0.2, 0) is 9.53 Å². The molecule has 5 nitrogen and oxygen atoms in total. The van der Waals surface area contributed by atoms with Gasteiger partial charge in [0.1, 0.15) is 11.6 Å². The molecule has 26 heavy (non-hydrogen) atoms. The second kappa shape index (κ2) is 8.38. The molecule has 1 fully saturated rings. The summed E-state index contributed by atoms with van der Waals surface area (Å²) in [6.45, 7) is 4.40. The molecular weight excluding hydrogens is 359 g/mol. The molecular formula is C19H20ClFN2O3. The van der Waals surface area contributed by atoms with Crippen LogP contribution >= 0.6 is 11.6 Å². The molecule has 0 spiro atoms. The molecule has 1 amide bonds. The van der Waals surface area contributed by atoms with E-state index in [4.69, 9.17) is 21.1 Å². The molecule has 1 heterocycles. The first kappa shape index (κ1) is 18.5. The van der Waals surface area contributed by atoms with Gasteiger partial charge in [0, 0.05) is 18.1 Å². The van der Waals surface area contributed by atoms with Crippen molar-refractivity contribution in [2.45, 2.75) is 13.0 Å². The number of carbonyl (C=O) groups is 1. The molecule has 0 radical (unpaired) electrons. The number of rotatable bonds is 5. The summed E-state index contributed by atoms with van der Waals surface area (Å²) in [6.07, 6.45) is -0.753. The van der Waals surface area contributed by atoms with Gasteiger partial charge in [-0.05, 0) is 49.4 Å². The molecule has 1 atom stereocenters. The first-order valence-electron chi connectivity index (χ1n) is 8.38. The van der Waals surface area contributed by atoms with Crippen LogP contribution in [0.15, 0.2) is 42.5 Å². The molecule has 0 saturated carbocycles. The van der Waals surface area contributed by atoms with Crippen molar-refractivity contribution in [3.8, 4) is 5.75 Å². The van der Waals surface area contributed by atoms with Crippen molar-refractivity contribution in [1.82, 2.24) is 0 Å². The van der Waals surface area contributed by atoms with Crippen LogP contribution in [0.3, 0.4) is 0 Å². The summed E-state index contributed by atoms with van der Waals surface area (Å²) in [5.41, 5.74) is 1.51. The van der Waals surface area contributed by atoms with Crippen LogP contribution in [0.25, 0.3) is 0 Å². The molecule has 0 aliphatic carbocycles. The van der Waals surface area contributed by atoms with Gasteiger partial charge in [-0.2, -0.15) is 0 Å². The van der Waals surface area contributed by atoms with E-state index in [0.717, 1.165) is 18.8 Å². The molecule has 0 aromatic heterocycles. The van der Waals surface area contributed by atoms with E-state index in [0.29, 0.717) is 29.7 Å². The number of benzene rings is 2. The summed E-state index contributed by atoms with van der Waals surface area (Å²) >= 11 is 6.10. The second-order valence-corrected chi connectivity index (χ2v) is 6.40. The highest BCUT2D eigenvalue weighted by atomic mass is 35.5. The van der Waals surface area contributed by atoms with Gasteiger partial charge in [0.05, 0.1) is 24.6 Å². The summed E-state index contributed by atoms with van der Waals surface area (Å²) in [5.74, 6) is -0.247. The fourth-order valence-corrected chi connectivity index (χ4v) is 2.87. The topological polar surface area (TPSA) is 50.8 Å². The molecule has 7 heteroatoms. The SMILES string of the molecule is CC(Oc1ccc(F)cc1)C(=O)Nc1cc(Cl)ccc1N1CCOCC1. The van der Waals surface area contributed by atoms with Crippen molar-refractivity contribution in [2.75, 3.05) is 36.5 Å². The summed E-state index contributed by atoms with van der Waals surface area (Å²) in [4.78, 5) is 14.7. The van der Waals surface area contributed by atoms with E-state index in [1.165, 1.54) is 24.3 Å². The van der Waals surface area contributed by atoms with Gasteiger partial charge in [-0.1, -0.05) is 11.6 Å². The molecule has 1 saturated heterocycles. The van der Waals surface area contributed by atoms with Crippen LogP contribution in [0.2, 0.25) is 5.02 Å². The number of carbonyl (C=O) groups excluding carboxylic acids is 1. The lowest BCUT2D eigenvalue weighted by Crippen LogP contribution is -2.37. The first-order chi connectivity index (χ1) is 12.5. The third-order valence-corrected chi connectivity index (χ3v) is 4.30. The van der Waals surface area contributed by atoms with E-state index >= 15 is 0 Å². The largest absolute Gasteiger partial charge is 0.481 e. The van der Waals surface area contributed by atoms with Gasteiger partial charge in [0.25, 0.3) is 5.91 Å². The van der Waals surface area contributed by atoms with E-state index in [9.17, 15) is 9.18 Å². The number of hydrogen-bond donors (Lipinski definition) is 1. The Labute approximate surface area is 156 Å². The Morgan fingerprint density at radius 1 is 1.23 bits per heavy atom. The Morgan fingerprint density at radius 3 is 2.62 bits per heavy atom. The van der Waals surface area contributed by atoms with Crippen molar-refractivity contribution in [2.24, 2.45) is 0 Å². The van der Waals surface area contributed by atoms with Gasteiger partial charge in [-0.15, -0.1) is 0 Å². The number of hydrogen-bond acceptors (Lipinski definition) is 4. The predicted octanol–water partition coefficient (Wildman–Crippen LogP) is 3.72. The van der Waals surface area contributed by atoms with Crippen molar-refractivity contribution in [3.05, 3.63) is 53.3 Å². The molecule has 1 aliphatic heterocycles. The summed E-state index contributed by atoms with van der Waals surface area (Å²) in [5, 5.41) is 3.41. The number of anilines is 2. The quantitative estimate of drug-likeness (QED) is 0.861. The standard InChI is InChI=1S/C19H20ClFN2O3/c1-13(26-16-5-3-15(21)4-6-16)19(24)22-17-12-14(20)2-7-18(17)23-8-10-25-11-9-23/h2-7,12-13H,8-11H2,1H3,(H,22,24). The minimum atomic E-state index is -0.753. The Morgan fingerprint density at radius 2 is 1.92 bits per heavy atom. The second-order valence-electron chi connectivity index (χ2n) is 5.96. The molecule has 138 valence electrons. The zero-order valence-electron chi connectivity index (χ0n) is 14.4. The lowest BCUT2D eigenvalue weighted by atomic mass is 10.2. The third kappa shape index (κ3) is 4.65. The molecule has 2 aromatic carbocycles. The van der Waals surface area contributed by atoms with Crippen LogP contribution in [0, 0.1) is 5.82 Å². The maximum absolute atomic E-state index is 13.0. The number of amides is 1. The molecule has 2 aromatic rings. The van der Waals surface area contributed by atoms with Crippen LogP contribution in [0.5, 0.6) is 5.75 Å². The Bertz CT molecular complexity index is 764. The van der Waals surface area contributed by atoms with Crippen LogP contribution < -0.4 is 15.0 Å². The van der Waals surface area contributed by atoms with Crippen molar-refractivity contribution < 1.29 is 18.7 Å². The minimum absolute atomic E-state index is 0.314. The number of nitrogens with one attached hydrogen (secondary N) is 1. The van der Waals surface area contributed by atoms with Crippen molar-refractivity contribution >= 4 is 28.9 Å². The van der Waals surface area contributed by atoms with Crippen molar-refractivity contribution in [3.63, 3.8) is 0 Å². The number of ether oxygens (including phenoxy) is 2. The average Bonchev–Trinajstić information content (AvgIpc) is 2.64. The van der Waals surface area contributed by atoms with E-state index in [1.54, 1.807) is 19.1 Å². The molecule has 1 aliphatic rings. The Balaban J connectivity index is 1.71. The summed E-state index contributed by atoms with van der Waals surface area (Å²) < 4.78 is 23.9. The normalized spacial score (nSPS) is 15.4. The Kier molecular flexibility index (Phi) is 5.96. The van der Waals surface area contributed by atoms with Gasteiger partial charge in [0.15, 0.2) is 6.10 Å². The van der Waals surface area contributed by atoms with E-state index < -0.39 is 6.10 Å². The van der Waals surface area contributed by atoms with Gasteiger partial charge in [-0.3, -0.25) is 4.79 Å². The fraction of sp³-hybridized carbons (Fsp3) is 0.316. The molecule has 0 bridgehead atoms. The van der Waals surface area contributed by atoms with E-state index in [1.807, 2.05) is 6.07 Å². The highest BCUT2D eigenvalue weighted by Gasteiger charge is 2.20. The van der Waals surface area contributed by atoms with Gasteiger partial charge >= 0.3 is 0 Å². The zero-order chi connectivity index (χ0) is 18.5. The van der Waals surface area contributed by atoms with Gasteiger partial charge < -0.3 is 19.7 Å². The lowest BCUT2D eigenvalue weighted by Gasteiger charge is -2.30. The van der Waals surface area contributed by atoms with E-state index in [2.05, 4.69) is 10.2 Å². The van der Waals surface area contributed by atoms with Crippen molar-refractivity contribution in [1.29, 1.82) is 0 Å². The van der Waals surface area contributed by atoms with Gasteiger partial charge in [0.2, 0.25) is 0 Å². The van der Waals surface area contributed by atoms with Crippen LogP contribution in [0.1, 0.15) is 6.92 Å². The van der Waals surface area contributed by atoms with E-state index in [-0.39, 0.29) is 11.7 Å². The highest BCUT2D eigenvalue weighted by molar-refractivity contribution is 6.31. The highest BCUT2D eigenvalue weighted by Crippen LogP contribution is 2.30. The monoisotopic (exact) mass is 378 g/mol. The summed E-state index contributed by atoms with van der Waals surface area (Å²) in [7, 11) is 0. The maximum Gasteiger partial charge on any atom is 0.265 e. The van der Waals surface area contributed by atoms with Gasteiger partial charge in [-0.25, -0.2) is 4.39 Å². The maximum atomic E-state index is 13.0. The molecule has 1 N–H and O–H groups in total. The van der Waals surface area contributed by atoms with Crippen LogP contribution in [-0.4, -0.2) is 38.3 Å². The van der Waals surface area contributed by atoms with Crippen LogP contribution in [0.4, 0.5) is 15.8 Å². The zero-order valence-corrected chi connectivity index (χ0v) is 15.1. The lowest BCUT2D eigenvalue weighted by molar-refractivity contribution is -0.122. The summed E-state index contributed by atoms with van der Waals surface area (Å²) in [6, 6.07) is 10.9. The minimum Gasteiger partial charge on any atom is -0.481 e. The number of nitrogens with zero attached hydrogens (tertiary/aromatic N) is 1. The smallest absolute Gasteiger partial charge is 0.265 e. The molecule has 3 rings (SSSR count).